The third-order valence-corrected chi connectivity index (χ3v) is 6.49. The van der Waals surface area contributed by atoms with Gasteiger partial charge in [-0.2, -0.15) is 0 Å². The lowest BCUT2D eigenvalue weighted by Crippen LogP contribution is -2.45. The number of carbonyl (C=O) groups is 1. The number of ether oxygens (including phenoxy) is 2. The van der Waals surface area contributed by atoms with Crippen molar-refractivity contribution < 1.29 is 19.2 Å². The van der Waals surface area contributed by atoms with E-state index in [4.69, 9.17) is 9.47 Å². The van der Waals surface area contributed by atoms with Crippen LogP contribution in [0.15, 0.2) is 42.5 Å². The lowest BCUT2D eigenvalue weighted by molar-refractivity contribution is -0.384. The largest absolute Gasteiger partial charge is 0.490 e. The topological polar surface area (TPSA) is 85.2 Å². The fourth-order valence-electron chi connectivity index (χ4n) is 4.84. The number of nitro benzene ring substituents is 1. The molecule has 2 aliphatic heterocycles. The van der Waals surface area contributed by atoms with Crippen LogP contribution < -0.4 is 9.47 Å². The maximum absolute atomic E-state index is 13.7. The van der Waals surface area contributed by atoms with Crippen LogP contribution in [-0.4, -0.2) is 53.5 Å². The Bertz CT molecular complexity index is 1020. The first kappa shape index (κ1) is 25.0. The summed E-state index contributed by atoms with van der Waals surface area (Å²) in [5.41, 5.74) is 2.16. The number of amides is 1. The molecule has 0 bridgehead atoms. The Balaban J connectivity index is 1.42. The van der Waals surface area contributed by atoms with Crippen LogP contribution in [0.3, 0.4) is 0 Å². The Labute approximate surface area is 207 Å². The van der Waals surface area contributed by atoms with E-state index in [2.05, 4.69) is 18.7 Å². The van der Waals surface area contributed by atoms with E-state index in [0.29, 0.717) is 45.3 Å². The number of fused-ring (bicyclic) bond motifs is 1. The minimum atomic E-state index is -0.383. The van der Waals surface area contributed by atoms with Gasteiger partial charge in [-0.25, -0.2) is 0 Å². The molecule has 1 amide bonds. The van der Waals surface area contributed by atoms with Gasteiger partial charge in [0.2, 0.25) is 5.91 Å². The van der Waals surface area contributed by atoms with Crippen LogP contribution in [0.2, 0.25) is 0 Å². The molecule has 2 heterocycles. The monoisotopic (exact) mass is 481 g/mol. The van der Waals surface area contributed by atoms with Gasteiger partial charge in [0.15, 0.2) is 11.5 Å². The molecule has 35 heavy (non-hydrogen) atoms. The SMILES string of the molecule is CC(C)CN(Cc1ccc2c(c1)OCCCO2)C(=O)[C@@H]1CCCN(Cc2ccc([N+](=O)[O-])cc2)C1. The van der Waals surface area contributed by atoms with Gasteiger partial charge >= 0.3 is 0 Å². The molecular formula is C27H35N3O5. The summed E-state index contributed by atoms with van der Waals surface area (Å²) in [6.45, 7) is 9.12. The smallest absolute Gasteiger partial charge is 0.269 e. The Hall–Kier alpha value is -3.13. The highest BCUT2D eigenvalue weighted by atomic mass is 16.6. The molecule has 2 aliphatic rings. The third kappa shape index (κ3) is 6.72. The Morgan fingerprint density at radius 2 is 1.80 bits per heavy atom. The highest BCUT2D eigenvalue weighted by molar-refractivity contribution is 5.79. The number of rotatable bonds is 8. The second-order valence-electron chi connectivity index (χ2n) is 9.94. The van der Waals surface area contributed by atoms with Crippen LogP contribution >= 0.6 is 0 Å². The molecule has 4 rings (SSSR count). The zero-order valence-electron chi connectivity index (χ0n) is 20.7. The minimum absolute atomic E-state index is 0.0547. The highest BCUT2D eigenvalue weighted by Crippen LogP contribution is 2.31. The van der Waals surface area contributed by atoms with Gasteiger partial charge in [-0.15, -0.1) is 0 Å². The molecule has 1 atom stereocenters. The molecule has 8 heteroatoms. The summed E-state index contributed by atoms with van der Waals surface area (Å²) in [5.74, 6) is 2.02. The van der Waals surface area contributed by atoms with Crippen molar-refractivity contribution in [2.24, 2.45) is 11.8 Å². The second-order valence-corrected chi connectivity index (χ2v) is 9.94. The van der Waals surface area contributed by atoms with Crippen LogP contribution in [-0.2, 0) is 17.9 Å². The first-order chi connectivity index (χ1) is 16.9. The van der Waals surface area contributed by atoms with Crippen LogP contribution in [0.4, 0.5) is 5.69 Å². The number of likely N-dealkylation sites (tertiary alicyclic amines) is 1. The van der Waals surface area contributed by atoms with E-state index >= 15 is 0 Å². The van der Waals surface area contributed by atoms with E-state index in [-0.39, 0.29) is 22.4 Å². The lowest BCUT2D eigenvalue weighted by Gasteiger charge is -2.35. The summed E-state index contributed by atoms with van der Waals surface area (Å²) >= 11 is 0. The van der Waals surface area contributed by atoms with Gasteiger partial charge < -0.3 is 14.4 Å². The van der Waals surface area contributed by atoms with Crippen molar-refractivity contribution in [1.82, 2.24) is 9.80 Å². The highest BCUT2D eigenvalue weighted by Gasteiger charge is 2.30. The van der Waals surface area contributed by atoms with Crippen molar-refractivity contribution in [2.75, 3.05) is 32.8 Å². The molecular weight excluding hydrogens is 446 g/mol. The van der Waals surface area contributed by atoms with E-state index in [1.807, 2.05) is 23.1 Å². The van der Waals surface area contributed by atoms with E-state index in [9.17, 15) is 14.9 Å². The van der Waals surface area contributed by atoms with Gasteiger partial charge in [0, 0.05) is 44.7 Å². The Morgan fingerprint density at radius 3 is 2.51 bits per heavy atom. The Kier molecular flexibility index (Phi) is 8.23. The number of benzene rings is 2. The molecule has 0 radical (unpaired) electrons. The van der Waals surface area contributed by atoms with E-state index in [1.54, 1.807) is 24.3 Å². The number of hydrogen-bond acceptors (Lipinski definition) is 6. The van der Waals surface area contributed by atoms with Crippen molar-refractivity contribution in [3.05, 3.63) is 63.7 Å². The quantitative estimate of drug-likeness (QED) is 0.403. The second kappa shape index (κ2) is 11.5. The van der Waals surface area contributed by atoms with Gasteiger partial charge in [-0.05, 0) is 48.6 Å². The lowest BCUT2D eigenvalue weighted by atomic mass is 9.95. The maximum Gasteiger partial charge on any atom is 0.269 e. The minimum Gasteiger partial charge on any atom is -0.490 e. The normalized spacial score (nSPS) is 18.2. The van der Waals surface area contributed by atoms with Crippen LogP contribution in [0.25, 0.3) is 0 Å². The molecule has 1 fully saturated rings. The van der Waals surface area contributed by atoms with Gasteiger partial charge in [0.1, 0.15) is 0 Å². The predicted molar refractivity (Wildman–Crippen MR) is 133 cm³/mol. The van der Waals surface area contributed by atoms with Gasteiger partial charge in [-0.1, -0.05) is 32.0 Å². The summed E-state index contributed by atoms with van der Waals surface area (Å²) in [6, 6.07) is 12.7. The van der Waals surface area contributed by atoms with E-state index in [1.165, 1.54) is 0 Å². The van der Waals surface area contributed by atoms with Crippen LogP contribution in [0.1, 0.15) is 44.2 Å². The molecule has 0 saturated carbocycles. The molecule has 0 spiro atoms. The zero-order valence-corrected chi connectivity index (χ0v) is 20.7. The van der Waals surface area contributed by atoms with Crippen molar-refractivity contribution in [1.29, 1.82) is 0 Å². The fraction of sp³-hybridized carbons (Fsp3) is 0.519. The number of nitrogens with zero attached hydrogens (tertiary/aromatic N) is 3. The van der Waals surface area contributed by atoms with Gasteiger partial charge in [0.05, 0.1) is 24.1 Å². The molecule has 0 N–H and O–H groups in total. The van der Waals surface area contributed by atoms with Gasteiger partial charge in [0.25, 0.3) is 5.69 Å². The number of nitro groups is 1. The summed E-state index contributed by atoms with van der Waals surface area (Å²) in [6.07, 6.45) is 2.70. The van der Waals surface area contributed by atoms with Crippen molar-refractivity contribution in [2.45, 2.75) is 46.2 Å². The van der Waals surface area contributed by atoms with Crippen LogP contribution in [0, 0.1) is 22.0 Å². The molecule has 0 unspecified atom stereocenters. The fourth-order valence-corrected chi connectivity index (χ4v) is 4.84. The van der Waals surface area contributed by atoms with Crippen molar-refractivity contribution >= 4 is 11.6 Å². The van der Waals surface area contributed by atoms with Gasteiger partial charge in [-0.3, -0.25) is 19.8 Å². The summed E-state index contributed by atoms with van der Waals surface area (Å²) in [7, 11) is 0. The molecule has 0 aromatic heterocycles. The van der Waals surface area contributed by atoms with E-state index in [0.717, 1.165) is 48.4 Å². The average Bonchev–Trinajstić information content (AvgIpc) is 3.08. The first-order valence-corrected chi connectivity index (χ1v) is 12.5. The van der Waals surface area contributed by atoms with Crippen molar-refractivity contribution in [3.63, 3.8) is 0 Å². The number of carbonyl (C=O) groups excluding carboxylic acids is 1. The molecule has 188 valence electrons. The van der Waals surface area contributed by atoms with E-state index < -0.39 is 0 Å². The summed E-state index contributed by atoms with van der Waals surface area (Å²) < 4.78 is 11.6. The van der Waals surface area contributed by atoms with Crippen LogP contribution in [0.5, 0.6) is 11.5 Å². The number of hydrogen-bond donors (Lipinski definition) is 0. The predicted octanol–water partition coefficient (Wildman–Crippen LogP) is 4.65. The number of non-ortho nitro benzene ring substituents is 1. The average molecular weight is 482 g/mol. The Morgan fingerprint density at radius 1 is 1.09 bits per heavy atom. The molecule has 0 aliphatic carbocycles. The van der Waals surface area contributed by atoms with Crippen molar-refractivity contribution in [3.8, 4) is 11.5 Å². The molecule has 1 saturated heterocycles. The third-order valence-electron chi connectivity index (χ3n) is 6.49. The maximum atomic E-state index is 13.7. The summed E-state index contributed by atoms with van der Waals surface area (Å²) in [4.78, 5) is 28.5. The molecule has 2 aromatic rings. The zero-order chi connectivity index (χ0) is 24.8. The number of piperidine rings is 1. The standard InChI is InChI=1S/C27H35N3O5/c1-20(2)16-29(18-22-8-11-25-26(15-22)35-14-4-13-34-25)27(31)23-5-3-12-28(19-23)17-21-6-9-24(10-7-21)30(32)33/h6-11,15,20,23H,3-5,12-14,16-19H2,1-2H3/t23-/m1/s1. The summed E-state index contributed by atoms with van der Waals surface area (Å²) in [5, 5.41) is 10.9. The first-order valence-electron chi connectivity index (χ1n) is 12.5. The molecule has 8 nitrogen and oxygen atoms in total. The molecule has 2 aromatic carbocycles.